The predicted octanol–water partition coefficient (Wildman–Crippen LogP) is 6.09. The number of carbonyl (C=O) groups is 2. The highest BCUT2D eigenvalue weighted by Crippen LogP contribution is 2.36. The standard InChI is InChI=1S/C28H21Cl2F3N4O5S/c29-19-6-11-23(12-7-19)43(40,41)37(16-18-4-2-1-3-5-18)17-22-10-9-21(42-22)15-34-36-27(39)26(38)35-20-8-13-25(30)24(14-20)28(31,32)33/h1-15H,16-17H2,(H,35,38)(H,36,39)/b34-15+. The van der Waals surface area contributed by atoms with Gasteiger partial charge in [-0.1, -0.05) is 53.5 Å². The van der Waals surface area contributed by atoms with Gasteiger partial charge in [-0.05, 0) is 60.2 Å². The van der Waals surface area contributed by atoms with Gasteiger partial charge in [-0.25, -0.2) is 13.8 Å². The van der Waals surface area contributed by atoms with E-state index in [1.807, 2.05) is 16.8 Å². The SMILES string of the molecule is O=C(N/N=C/c1ccc(CN(Cc2ccccc2)S(=O)(=O)c2ccc(Cl)cc2)o1)C(=O)Nc1ccc(Cl)c(C(F)(F)F)c1. The fourth-order valence-corrected chi connectivity index (χ4v) is 5.45. The number of sulfonamides is 1. The second kappa shape index (κ2) is 13.4. The van der Waals surface area contributed by atoms with Gasteiger partial charge in [0.05, 0.1) is 28.2 Å². The van der Waals surface area contributed by atoms with Gasteiger partial charge in [-0.15, -0.1) is 0 Å². The van der Waals surface area contributed by atoms with Crippen molar-refractivity contribution in [3.05, 3.63) is 118 Å². The fourth-order valence-electron chi connectivity index (χ4n) is 3.70. The summed E-state index contributed by atoms with van der Waals surface area (Å²) in [6, 6.07) is 20.3. The van der Waals surface area contributed by atoms with Gasteiger partial charge in [0, 0.05) is 17.3 Å². The second-order valence-electron chi connectivity index (χ2n) is 8.86. The molecule has 0 saturated heterocycles. The van der Waals surface area contributed by atoms with E-state index < -0.39 is 38.6 Å². The lowest BCUT2D eigenvalue weighted by Crippen LogP contribution is -2.32. The Kier molecular flexibility index (Phi) is 9.91. The number of benzene rings is 3. The monoisotopic (exact) mass is 652 g/mol. The minimum Gasteiger partial charge on any atom is -0.459 e. The molecule has 0 aliphatic rings. The van der Waals surface area contributed by atoms with Gasteiger partial charge in [0.1, 0.15) is 11.5 Å². The lowest BCUT2D eigenvalue weighted by molar-refractivity contribution is -0.137. The maximum absolute atomic E-state index is 13.5. The number of hydrogen-bond acceptors (Lipinski definition) is 6. The molecular weight excluding hydrogens is 632 g/mol. The van der Waals surface area contributed by atoms with Gasteiger partial charge in [0.2, 0.25) is 10.0 Å². The molecule has 0 aliphatic heterocycles. The molecule has 1 aromatic heterocycles. The van der Waals surface area contributed by atoms with E-state index in [1.54, 1.807) is 24.3 Å². The average Bonchev–Trinajstić information content (AvgIpc) is 3.41. The van der Waals surface area contributed by atoms with E-state index >= 15 is 0 Å². The summed E-state index contributed by atoms with van der Waals surface area (Å²) in [6.07, 6.45) is -3.70. The number of carbonyl (C=O) groups excluding carboxylic acids is 2. The molecule has 0 saturated carbocycles. The number of alkyl halides is 3. The molecule has 43 heavy (non-hydrogen) atoms. The van der Waals surface area contributed by atoms with Crippen molar-refractivity contribution >= 4 is 56.9 Å². The lowest BCUT2D eigenvalue weighted by Gasteiger charge is -2.21. The zero-order valence-corrected chi connectivity index (χ0v) is 24.1. The number of hydrazone groups is 1. The summed E-state index contributed by atoms with van der Waals surface area (Å²) >= 11 is 11.5. The van der Waals surface area contributed by atoms with Gasteiger partial charge in [0.15, 0.2) is 0 Å². The van der Waals surface area contributed by atoms with Crippen LogP contribution in [-0.2, 0) is 38.9 Å². The summed E-state index contributed by atoms with van der Waals surface area (Å²) < 4.78 is 72.9. The van der Waals surface area contributed by atoms with Crippen molar-refractivity contribution in [2.75, 3.05) is 5.32 Å². The van der Waals surface area contributed by atoms with Crippen LogP contribution >= 0.6 is 23.2 Å². The molecule has 15 heteroatoms. The summed E-state index contributed by atoms with van der Waals surface area (Å²) in [5.74, 6) is -2.18. The normalized spacial score (nSPS) is 12.0. The lowest BCUT2D eigenvalue weighted by atomic mass is 10.2. The molecule has 0 aliphatic carbocycles. The third kappa shape index (κ3) is 8.45. The molecule has 9 nitrogen and oxygen atoms in total. The van der Waals surface area contributed by atoms with Crippen LogP contribution in [0.5, 0.6) is 0 Å². The predicted molar refractivity (Wildman–Crippen MR) is 154 cm³/mol. The van der Waals surface area contributed by atoms with Gasteiger partial charge in [-0.3, -0.25) is 9.59 Å². The van der Waals surface area contributed by atoms with Crippen LogP contribution in [0, 0.1) is 0 Å². The van der Waals surface area contributed by atoms with E-state index in [0.29, 0.717) is 11.1 Å². The summed E-state index contributed by atoms with van der Waals surface area (Å²) in [7, 11) is -3.97. The second-order valence-corrected chi connectivity index (χ2v) is 11.6. The minimum atomic E-state index is -4.76. The summed E-state index contributed by atoms with van der Waals surface area (Å²) in [5, 5.41) is 5.46. The molecule has 0 radical (unpaired) electrons. The summed E-state index contributed by atoms with van der Waals surface area (Å²) in [5.41, 5.74) is 1.19. The Labute approximate surface area is 253 Å². The minimum absolute atomic E-state index is 0.0374. The van der Waals surface area contributed by atoms with Crippen LogP contribution < -0.4 is 10.7 Å². The van der Waals surface area contributed by atoms with E-state index in [1.165, 1.54) is 40.7 Å². The van der Waals surface area contributed by atoms with Crippen LogP contribution in [0.4, 0.5) is 18.9 Å². The van der Waals surface area contributed by atoms with E-state index in [9.17, 15) is 31.2 Å². The quantitative estimate of drug-likeness (QED) is 0.129. The first-order chi connectivity index (χ1) is 20.3. The number of hydrogen-bond donors (Lipinski definition) is 2. The Morgan fingerprint density at radius 3 is 2.28 bits per heavy atom. The molecule has 1 heterocycles. The molecule has 3 aromatic carbocycles. The van der Waals surface area contributed by atoms with Crippen molar-refractivity contribution in [1.29, 1.82) is 0 Å². The Morgan fingerprint density at radius 2 is 1.60 bits per heavy atom. The van der Waals surface area contributed by atoms with Crippen molar-refractivity contribution in [3.8, 4) is 0 Å². The van der Waals surface area contributed by atoms with E-state index in [0.717, 1.165) is 23.9 Å². The largest absolute Gasteiger partial charge is 0.459 e. The zero-order valence-electron chi connectivity index (χ0n) is 21.8. The highest BCUT2D eigenvalue weighted by Gasteiger charge is 2.33. The van der Waals surface area contributed by atoms with Crippen LogP contribution in [0.15, 0.2) is 99.3 Å². The number of nitrogens with one attached hydrogen (secondary N) is 2. The van der Waals surface area contributed by atoms with Gasteiger partial charge < -0.3 is 9.73 Å². The van der Waals surface area contributed by atoms with Crippen molar-refractivity contribution in [3.63, 3.8) is 0 Å². The molecule has 4 rings (SSSR count). The fraction of sp³-hybridized carbons (Fsp3) is 0.107. The molecule has 0 atom stereocenters. The van der Waals surface area contributed by atoms with E-state index in [-0.39, 0.29) is 35.2 Å². The number of halogens is 5. The molecule has 2 amide bonds. The van der Waals surface area contributed by atoms with Crippen LogP contribution in [0.2, 0.25) is 10.0 Å². The number of rotatable bonds is 9. The van der Waals surface area contributed by atoms with Crippen LogP contribution in [0.1, 0.15) is 22.6 Å². The van der Waals surface area contributed by atoms with Crippen LogP contribution in [0.3, 0.4) is 0 Å². The maximum atomic E-state index is 13.5. The number of anilines is 1. The number of nitrogens with zero attached hydrogens (tertiary/aromatic N) is 2. The third-order valence-corrected chi connectivity index (χ3v) is 8.15. The number of furan rings is 1. The van der Waals surface area contributed by atoms with Crippen molar-refractivity contribution in [2.45, 2.75) is 24.2 Å². The first kappa shape index (κ1) is 31.8. The molecule has 4 aromatic rings. The average molecular weight is 653 g/mol. The molecule has 2 N–H and O–H groups in total. The Balaban J connectivity index is 1.42. The summed E-state index contributed by atoms with van der Waals surface area (Å²) in [4.78, 5) is 24.2. The summed E-state index contributed by atoms with van der Waals surface area (Å²) in [6.45, 7) is -0.108. The van der Waals surface area contributed by atoms with E-state index in [4.69, 9.17) is 27.6 Å². The maximum Gasteiger partial charge on any atom is 0.417 e. The van der Waals surface area contributed by atoms with Crippen molar-refractivity contribution in [2.24, 2.45) is 5.10 Å². The molecule has 0 unspecified atom stereocenters. The van der Waals surface area contributed by atoms with Crippen LogP contribution in [-0.4, -0.2) is 30.8 Å². The smallest absolute Gasteiger partial charge is 0.417 e. The number of amides is 2. The highest BCUT2D eigenvalue weighted by molar-refractivity contribution is 7.89. The van der Waals surface area contributed by atoms with E-state index in [2.05, 4.69) is 5.10 Å². The van der Waals surface area contributed by atoms with Crippen molar-refractivity contribution < 1.29 is 35.6 Å². The highest BCUT2D eigenvalue weighted by atomic mass is 35.5. The van der Waals surface area contributed by atoms with Crippen molar-refractivity contribution in [1.82, 2.24) is 9.73 Å². The van der Waals surface area contributed by atoms with Gasteiger partial charge in [-0.2, -0.15) is 22.6 Å². The Bertz CT molecular complexity index is 1750. The third-order valence-electron chi connectivity index (χ3n) is 5.76. The zero-order chi connectivity index (χ0) is 31.2. The first-order valence-electron chi connectivity index (χ1n) is 12.2. The molecular formula is C28H21Cl2F3N4O5S. The van der Waals surface area contributed by atoms with Gasteiger partial charge >= 0.3 is 18.0 Å². The topological polar surface area (TPSA) is 121 Å². The van der Waals surface area contributed by atoms with Gasteiger partial charge in [0.25, 0.3) is 0 Å². The first-order valence-corrected chi connectivity index (χ1v) is 14.4. The molecule has 224 valence electrons. The molecule has 0 bridgehead atoms. The molecule has 0 fully saturated rings. The Hall–Kier alpha value is -4.17. The molecule has 0 spiro atoms. The van der Waals surface area contributed by atoms with Crippen LogP contribution in [0.25, 0.3) is 0 Å². The Morgan fingerprint density at radius 1 is 0.907 bits per heavy atom.